The summed E-state index contributed by atoms with van der Waals surface area (Å²) >= 11 is 1.55. The molecule has 0 unspecified atom stereocenters. The van der Waals surface area contributed by atoms with E-state index < -0.39 is 0 Å². The molecule has 0 aromatic carbocycles. The number of H-pyrrole nitrogens is 1. The maximum absolute atomic E-state index is 12.0. The Hall–Kier alpha value is -1.54. The second-order valence-electron chi connectivity index (χ2n) is 4.25. The molecule has 0 aliphatic carbocycles. The van der Waals surface area contributed by atoms with Gasteiger partial charge in [-0.15, -0.1) is 0 Å². The van der Waals surface area contributed by atoms with Crippen molar-refractivity contribution < 1.29 is 0 Å². The molecule has 0 aliphatic rings. The van der Waals surface area contributed by atoms with Gasteiger partial charge in [0.15, 0.2) is 16.3 Å². The Balaban J connectivity index is 2.36. The molecule has 7 nitrogen and oxygen atoms in total. The minimum atomic E-state index is -0.365. The standard InChI is InChI=1S/C11H17N5O2S/c1-12-5-4-6-19-10-13-7-8(14-10)15(2)11(18)16(3)9(7)17/h12H,4-6H2,1-3H3,(H,13,14). The highest BCUT2D eigenvalue weighted by atomic mass is 32.2. The summed E-state index contributed by atoms with van der Waals surface area (Å²) in [7, 11) is 4.98. The van der Waals surface area contributed by atoms with Crippen molar-refractivity contribution in [1.29, 1.82) is 0 Å². The largest absolute Gasteiger partial charge is 0.332 e. The summed E-state index contributed by atoms with van der Waals surface area (Å²) in [4.78, 5) is 31.0. The third-order valence-electron chi connectivity index (χ3n) is 2.88. The van der Waals surface area contributed by atoms with Gasteiger partial charge in [-0.25, -0.2) is 9.78 Å². The van der Waals surface area contributed by atoms with Crippen LogP contribution in [0.1, 0.15) is 6.42 Å². The first-order valence-electron chi connectivity index (χ1n) is 5.99. The van der Waals surface area contributed by atoms with Crippen molar-refractivity contribution in [3.63, 3.8) is 0 Å². The van der Waals surface area contributed by atoms with E-state index in [1.54, 1.807) is 18.8 Å². The summed E-state index contributed by atoms with van der Waals surface area (Å²) in [5.41, 5.74) is 0.0772. The molecule has 2 heterocycles. The molecular formula is C11H17N5O2S. The third kappa shape index (κ3) is 2.59. The maximum atomic E-state index is 12.0. The quantitative estimate of drug-likeness (QED) is 0.579. The number of imidazole rings is 1. The SMILES string of the molecule is CNCCCSc1nc2c([nH]1)c(=O)n(C)c(=O)n2C. The minimum Gasteiger partial charge on any atom is -0.327 e. The molecule has 2 rings (SSSR count). The summed E-state index contributed by atoms with van der Waals surface area (Å²) in [5.74, 6) is 0.898. The Kier molecular flexibility index (Phi) is 4.11. The number of aromatic amines is 1. The smallest absolute Gasteiger partial charge is 0.327 e. The zero-order valence-corrected chi connectivity index (χ0v) is 12.0. The first-order chi connectivity index (χ1) is 9.06. The summed E-state index contributed by atoms with van der Waals surface area (Å²) in [6.45, 7) is 0.938. The fourth-order valence-corrected chi connectivity index (χ4v) is 2.60. The van der Waals surface area contributed by atoms with Crippen LogP contribution in [0.4, 0.5) is 0 Å². The molecule has 19 heavy (non-hydrogen) atoms. The molecule has 0 radical (unpaired) electrons. The molecule has 104 valence electrons. The van der Waals surface area contributed by atoms with Crippen LogP contribution in [0.15, 0.2) is 14.7 Å². The Labute approximate surface area is 114 Å². The molecule has 8 heteroatoms. The second kappa shape index (κ2) is 5.62. The lowest BCUT2D eigenvalue weighted by Crippen LogP contribution is -2.36. The van der Waals surface area contributed by atoms with Crippen molar-refractivity contribution in [1.82, 2.24) is 24.4 Å². The number of rotatable bonds is 5. The zero-order chi connectivity index (χ0) is 14.0. The van der Waals surface area contributed by atoms with Crippen molar-refractivity contribution in [2.24, 2.45) is 14.1 Å². The van der Waals surface area contributed by atoms with E-state index in [4.69, 9.17) is 0 Å². The Morgan fingerprint density at radius 1 is 1.32 bits per heavy atom. The summed E-state index contributed by atoms with van der Waals surface area (Å²) in [6, 6.07) is 0. The highest BCUT2D eigenvalue weighted by Gasteiger charge is 2.13. The van der Waals surface area contributed by atoms with Crippen LogP contribution in [0.3, 0.4) is 0 Å². The van der Waals surface area contributed by atoms with E-state index in [-0.39, 0.29) is 11.2 Å². The van der Waals surface area contributed by atoms with Gasteiger partial charge in [0, 0.05) is 19.8 Å². The monoisotopic (exact) mass is 283 g/mol. The van der Waals surface area contributed by atoms with Crippen molar-refractivity contribution in [2.75, 3.05) is 19.3 Å². The first kappa shape index (κ1) is 13.9. The number of hydrogen-bond donors (Lipinski definition) is 2. The van der Waals surface area contributed by atoms with E-state index in [0.717, 1.165) is 23.3 Å². The zero-order valence-electron chi connectivity index (χ0n) is 11.2. The molecule has 0 bridgehead atoms. The summed E-state index contributed by atoms with van der Waals surface area (Å²) in [6.07, 6.45) is 1.01. The fourth-order valence-electron chi connectivity index (χ4n) is 1.79. The maximum Gasteiger partial charge on any atom is 0.332 e. The molecule has 0 saturated heterocycles. The number of aromatic nitrogens is 4. The summed E-state index contributed by atoms with van der Waals surface area (Å²) < 4.78 is 2.46. The number of aryl methyl sites for hydroxylation is 1. The van der Waals surface area contributed by atoms with E-state index in [9.17, 15) is 9.59 Å². The first-order valence-corrected chi connectivity index (χ1v) is 6.98. The number of nitrogens with one attached hydrogen (secondary N) is 2. The number of fused-ring (bicyclic) bond motifs is 1. The van der Waals surface area contributed by atoms with E-state index in [2.05, 4.69) is 15.3 Å². The van der Waals surface area contributed by atoms with Gasteiger partial charge in [0.1, 0.15) is 0 Å². The molecule has 2 N–H and O–H groups in total. The van der Waals surface area contributed by atoms with Crippen LogP contribution in [-0.2, 0) is 14.1 Å². The Morgan fingerprint density at radius 2 is 2.05 bits per heavy atom. The van der Waals surface area contributed by atoms with Crippen molar-refractivity contribution in [3.05, 3.63) is 20.8 Å². The van der Waals surface area contributed by atoms with Gasteiger partial charge in [0.05, 0.1) is 0 Å². The molecule has 2 aromatic heterocycles. The lowest BCUT2D eigenvalue weighted by molar-refractivity contribution is 0.708. The van der Waals surface area contributed by atoms with Crippen LogP contribution in [0.25, 0.3) is 11.2 Å². The molecule has 0 saturated carbocycles. The van der Waals surface area contributed by atoms with Crippen LogP contribution >= 0.6 is 11.8 Å². The van der Waals surface area contributed by atoms with Gasteiger partial charge < -0.3 is 10.3 Å². The van der Waals surface area contributed by atoms with E-state index in [1.807, 2.05) is 7.05 Å². The van der Waals surface area contributed by atoms with E-state index >= 15 is 0 Å². The molecule has 0 atom stereocenters. The third-order valence-corrected chi connectivity index (χ3v) is 3.84. The lowest BCUT2D eigenvalue weighted by Gasteiger charge is -2.00. The van der Waals surface area contributed by atoms with Crippen molar-refractivity contribution in [2.45, 2.75) is 11.6 Å². The predicted octanol–water partition coefficient (Wildman–Crippen LogP) is -0.338. The van der Waals surface area contributed by atoms with Gasteiger partial charge in [-0.05, 0) is 20.0 Å². The number of thioether (sulfide) groups is 1. The highest BCUT2D eigenvalue weighted by molar-refractivity contribution is 7.99. The normalized spacial score (nSPS) is 11.3. The summed E-state index contributed by atoms with van der Waals surface area (Å²) in [5, 5.41) is 3.74. The number of nitrogens with zero attached hydrogens (tertiary/aromatic N) is 3. The van der Waals surface area contributed by atoms with Gasteiger partial charge >= 0.3 is 5.69 Å². The number of hydrogen-bond acceptors (Lipinski definition) is 5. The molecular weight excluding hydrogens is 266 g/mol. The van der Waals surface area contributed by atoms with E-state index in [0.29, 0.717) is 16.3 Å². The fraction of sp³-hybridized carbons (Fsp3) is 0.545. The van der Waals surface area contributed by atoms with Crippen LogP contribution in [0.2, 0.25) is 0 Å². The Bertz CT molecular complexity index is 699. The van der Waals surface area contributed by atoms with Crippen LogP contribution in [-0.4, -0.2) is 38.4 Å². The average Bonchev–Trinajstić information content (AvgIpc) is 2.83. The van der Waals surface area contributed by atoms with Gasteiger partial charge in [0.2, 0.25) is 0 Å². The predicted molar refractivity (Wildman–Crippen MR) is 75.8 cm³/mol. The molecule has 0 amide bonds. The van der Waals surface area contributed by atoms with Crippen LogP contribution < -0.4 is 16.6 Å². The average molecular weight is 283 g/mol. The van der Waals surface area contributed by atoms with Gasteiger partial charge in [-0.2, -0.15) is 0 Å². The second-order valence-corrected chi connectivity index (χ2v) is 5.34. The lowest BCUT2D eigenvalue weighted by atomic mass is 10.5. The van der Waals surface area contributed by atoms with Crippen molar-refractivity contribution >= 4 is 22.9 Å². The molecule has 0 aliphatic heterocycles. The van der Waals surface area contributed by atoms with Gasteiger partial charge in [-0.1, -0.05) is 11.8 Å². The highest BCUT2D eigenvalue weighted by Crippen LogP contribution is 2.16. The van der Waals surface area contributed by atoms with Gasteiger partial charge in [0.25, 0.3) is 5.56 Å². The van der Waals surface area contributed by atoms with Gasteiger partial charge in [-0.3, -0.25) is 13.9 Å². The van der Waals surface area contributed by atoms with Crippen LogP contribution in [0, 0.1) is 0 Å². The minimum absolute atomic E-state index is 0.340. The topological polar surface area (TPSA) is 84.7 Å². The molecule has 0 spiro atoms. The molecule has 0 fully saturated rings. The Morgan fingerprint density at radius 3 is 2.74 bits per heavy atom. The van der Waals surface area contributed by atoms with Crippen molar-refractivity contribution in [3.8, 4) is 0 Å². The molecule has 2 aromatic rings. The van der Waals surface area contributed by atoms with Crippen LogP contribution in [0.5, 0.6) is 0 Å². The van der Waals surface area contributed by atoms with E-state index in [1.165, 1.54) is 11.6 Å².